The molecule has 2 atom stereocenters. The highest BCUT2D eigenvalue weighted by Gasteiger charge is 2.30. The van der Waals surface area contributed by atoms with Crippen LogP contribution in [0.5, 0.6) is 11.5 Å². The molecule has 69 heavy (non-hydrogen) atoms. The molecule has 2 aliphatic rings. The molecule has 22 nitrogen and oxygen atoms in total. The minimum absolute atomic E-state index is 0.110. The van der Waals surface area contributed by atoms with Crippen LogP contribution in [-0.2, 0) is 17.8 Å². The average Bonchev–Trinajstić information content (AvgIpc) is 4.10. The molecule has 6 aromatic heterocycles. The van der Waals surface area contributed by atoms with E-state index in [1.54, 1.807) is 45.0 Å². The second kappa shape index (κ2) is 20.7. The van der Waals surface area contributed by atoms with Gasteiger partial charge in [0.1, 0.15) is 50.3 Å². The largest absolute Gasteiger partial charge is 0.489 e. The molecule has 0 aromatic carbocycles. The normalized spacial score (nSPS) is 16.5. The standard InChI is InChI=1S/C26H35N7O5.C21H27N7O3/c1-7-33-21-18(36-15-16-9-8-12-32(14-16)24(34)37-25(2,3)4)13-28-17(10-11-26(5,6)35)19(21)29-23(33)20-22(27)31-38-30-20;1-4-28-18-15(30-12-13-6-5-9-23-10-13)11-24-14(7-8-21(2,3)29)16(18)25-20(28)17-19(22)27-31-26-17/h13,16,35H,7-9,12,14-15H2,1-6H3,(H2,27,31);11,13,23,29H,4-6,9-10,12H2,1-3H3,(H2,22,27). The Labute approximate surface area is 399 Å². The number of hydrogen-bond acceptors (Lipinski definition) is 19. The summed E-state index contributed by atoms with van der Waals surface area (Å²) in [7, 11) is 0. The van der Waals surface area contributed by atoms with Crippen molar-refractivity contribution in [2.24, 2.45) is 11.8 Å². The van der Waals surface area contributed by atoms with Crippen LogP contribution in [-0.4, -0.2) is 127 Å². The number of likely N-dealkylation sites (tertiary alicyclic amines) is 1. The summed E-state index contributed by atoms with van der Waals surface area (Å²) in [6.45, 7) is 21.2. The van der Waals surface area contributed by atoms with E-state index >= 15 is 0 Å². The maximum Gasteiger partial charge on any atom is 0.410 e. The molecule has 2 unspecified atom stereocenters. The lowest BCUT2D eigenvalue weighted by atomic mass is 9.99. The zero-order valence-corrected chi connectivity index (χ0v) is 40.7. The van der Waals surface area contributed by atoms with Crippen LogP contribution in [0.25, 0.3) is 45.1 Å². The lowest BCUT2D eigenvalue weighted by molar-refractivity contribution is 0.0139. The summed E-state index contributed by atoms with van der Waals surface area (Å²) in [5, 5.41) is 38.7. The van der Waals surface area contributed by atoms with Crippen molar-refractivity contribution < 1.29 is 38.5 Å². The molecule has 8 rings (SSSR count). The van der Waals surface area contributed by atoms with E-state index in [-0.39, 0.29) is 23.6 Å². The fourth-order valence-electron chi connectivity index (χ4n) is 7.90. The number of aromatic nitrogens is 10. The van der Waals surface area contributed by atoms with Crippen LogP contribution in [0.1, 0.15) is 99.4 Å². The van der Waals surface area contributed by atoms with Crippen LogP contribution in [0.3, 0.4) is 0 Å². The topological polar surface area (TPSA) is 292 Å². The van der Waals surface area contributed by atoms with Gasteiger partial charge in [0.25, 0.3) is 0 Å². The van der Waals surface area contributed by atoms with E-state index in [9.17, 15) is 15.0 Å². The molecule has 0 aliphatic carbocycles. The van der Waals surface area contributed by atoms with Gasteiger partial charge in [0.2, 0.25) is 0 Å². The number of fused-ring (bicyclic) bond motifs is 2. The summed E-state index contributed by atoms with van der Waals surface area (Å²) in [6, 6.07) is 0. The first-order valence-electron chi connectivity index (χ1n) is 23.1. The van der Waals surface area contributed by atoms with Gasteiger partial charge in [0.15, 0.2) is 46.2 Å². The van der Waals surface area contributed by atoms with E-state index in [4.69, 9.17) is 44.9 Å². The molecule has 0 spiro atoms. The van der Waals surface area contributed by atoms with Gasteiger partial charge in [0.05, 0.1) is 25.6 Å². The number of nitrogens with one attached hydrogen (secondary N) is 1. The number of nitrogens with two attached hydrogens (primary N) is 2. The fourth-order valence-corrected chi connectivity index (χ4v) is 7.90. The minimum Gasteiger partial charge on any atom is -0.489 e. The Kier molecular flexibility index (Phi) is 15.0. The smallest absolute Gasteiger partial charge is 0.410 e. The van der Waals surface area contributed by atoms with Gasteiger partial charge in [-0.05, 0) is 127 Å². The molecule has 1 amide bonds. The molecule has 2 saturated heterocycles. The quantitative estimate of drug-likeness (QED) is 0.115. The number of carbonyl (C=O) groups is 1. The number of anilines is 2. The van der Waals surface area contributed by atoms with Crippen LogP contribution in [0.15, 0.2) is 21.7 Å². The van der Waals surface area contributed by atoms with Crippen LogP contribution < -0.4 is 26.3 Å². The van der Waals surface area contributed by atoms with Gasteiger partial charge in [-0.15, -0.1) is 0 Å². The second-order valence-electron chi connectivity index (χ2n) is 19.1. The maximum atomic E-state index is 12.6. The van der Waals surface area contributed by atoms with Gasteiger partial charge in [-0.1, -0.05) is 11.8 Å². The second-order valence-corrected chi connectivity index (χ2v) is 19.1. The first kappa shape index (κ1) is 49.9. The van der Waals surface area contributed by atoms with Gasteiger partial charge < -0.3 is 55.2 Å². The number of nitrogen functional groups attached to an aromatic ring is 2. The van der Waals surface area contributed by atoms with E-state index in [1.165, 1.54) is 0 Å². The number of piperidine rings is 2. The summed E-state index contributed by atoms with van der Waals surface area (Å²) in [6.07, 6.45) is 7.00. The van der Waals surface area contributed by atoms with Gasteiger partial charge >= 0.3 is 6.09 Å². The molecule has 22 heteroatoms. The van der Waals surface area contributed by atoms with Crippen LogP contribution in [0.4, 0.5) is 16.4 Å². The number of imidazole rings is 2. The number of ether oxygens (including phenoxy) is 3. The van der Waals surface area contributed by atoms with Gasteiger partial charge in [0, 0.05) is 44.6 Å². The number of hydrogen-bond donors (Lipinski definition) is 5. The van der Waals surface area contributed by atoms with Crippen molar-refractivity contribution in [3.8, 4) is 58.2 Å². The van der Waals surface area contributed by atoms with Crippen LogP contribution in [0.2, 0.25) is 0 Å². The molecular weight excluding hydrogens is 889 g/mol. The van der Waals surface area contributed by atoms with Crippen molar-refractivity contribution in [2.75, 3.05) is 50.9 Å². The number of nitrogens with zero attached hydrogens (tertiary/aromatic N) is 11. The Morgan fingerprint density at radius 1 is 0.768 bits per heavy atom. The third-order valence-corrected chi connectivity index (χ3v) is 11.0. The number of aryl methyl sites for hydroxylation is 2. The van der Waals surface area contributed by atoms with Crippen LogP contribution in [0, 0.1) is 35.5 Å². The zero-order chi connectivity index (χ0) is 49.7. The molecule has 2 fully saturated rings. The summed E-state index contributed by atoms with van der Waals surface area (Å²) >= 11 is 0. The number of amides is 1. The fraction of sp³-hybridized carbons (Fsp3) is 0.553. The molecule has 0 radical (unpaired) electrons. The molecular formula is C47H62N14O8. The Balaban J connectivity index is 0.000000208. The van der Waals surface area contributed by atoms with E-state index in [0.717, 1.165) is 44.3 Å². The monoisotopic (exact) mass is 950 g/mol. The number of carbonyl (C=O) groups excluding carboxylic acids is 1. The van der Waals surface area contributed by atoms with Gasteiger partial charge in [-0.25, -0.2) is 34.0 Å². The predicted octanol–water partition coefficient (Wildman–Crippen LogP) is 4.82. The average molecular weight is 951 g/mol. The molecule has 0 bridgehead atoms. The summed E-state index contributed by atoms with van der Waals surface area (Å²) in [5.41, 5.74) is 12.9. The first-order valence-corrected chi connectivity index (χ1v) is 23.1. The molecule has 0 saturated carbocycles. The molecule has 8 heterocycles. The van der Waals surface area contributed by atoms with Crippen molar-refractivity contribution in [2.45, 2.75) is 118 Å². The highest BCUT2D eigenvalue weighted by atomic mass is 16.6. The highest BCUT2D eigenvalue weighted by molar-refractivity contribution is 5.91. The lowest BCUT2D eigenvalue weighted by Crippen LogP contribution is -2.44. The number of pyridine rings is 2. The first-order chi connectivity index (χ1) is 32.7. The van der Waals surface area contributed by atoms with Crippen molar-refractivity contribution in [1.82, 2.24) is 59.9 Å². The summed E-state index contributed by atoms with van der Waals surface area (Å²) in [5.74, 6) is 14.4. The van der Waals surface area contributed by atoms with Crippen molar-refractivity contribution in [3.63, 3.8) is 0 Å². The molecule has 368 valence electrons. The maximum absolute atomic E-state index is 12.6. The van der Waals surface area contributed by atoms with Gasteiger partial charge in [-0.2, -0.15) is 0 Å². The van der Waals surface area contributed by atoms with Crippen molar-refractivity contribution in [1.29, 1.82) is 0 Å². The molecule has 2 aliphatic heterocycles. The summed E-state index contributed by atoms with van der Waals surface area (Å²) < 4.78 is 31.5. The molecule has 7 N–H and O–H groups in total. The van der Waals surface area contributed by atoms with Gasteiger partial charge in [-0.3, -0.25) is 0 Å². The van der Waals surface area contributed by atoms with Crippen LogP contribution >= 0.6 is 0 Å². The Morgan fingerprint density at radius 2 is 1.26 bits per heavy atom. The Morgan fingerprint density at radius 3 is 1.68 bits per heavy atom. The van der Waals surface area contributed by atoms with E-state index in [2.05, 4.69) is 59.6 Å². The lowest BCUT2D eigenvalue weighted by Gasteiger charge is -2.34. The third-order valence-electron chi connectivity index (χ3n) is 11.0. The third kappa shape index (κ3) is 12.2. The highest BCUT2D eigenvalue weighted by Crippen LogP contribution is 2.35. The Bertz CT molecular complexity index is 2890. The van der Waals surface area contributed by atoms with E-state index < -0.39 is 16.8 Å². The van der Waals surface area contributed by atoms with Crippen molar-refractivity contribution >= 4 is 39.8 Å². The van der Waals surface area contributed by atoms with E-state index in [1.807, 2.05) is 43.8 Å². The minimum atomic E-state index is -1.21. The van der Waals surface area contributed by atoms with E-state index in [0.29, 0.717) is 108 Å². The van der Waals surface area contributed by atoms with Crippen molar-refractivity contribution in [3.05, 3.63) is 23.8 Å². The Hall–Kier alpha value is -7.01. The SMILES string of the molecule is CCn1c(-c2nonc2N)nc2c(C#CC(C)(C)O)ncc(OCC3CCCN(C(=O)OC(C)(C)C)C3)c21.CCn1c(-c2nonc2N)nc2c(C#CC(C)(C)O)ncc(OCC3CCCNC3)c21. The number of aliphatic hydroxyl groups is 2. The zero-order valence-electron chi connectivity index (χ0n) is 40.7. The predicted molar refractivity (Wildman–Crippen MR) is 255 cm³/mol. The number of rotatable bonds is 10. The molecule has 6 aromatic rings. The summed E-state index contributed by atoms with van der Waals surface area (Å²) in [4.78, 5) is 32.7.